The zero-order chi connectivity index (χ0) is 15.4. The molecule has 0 unspecified atom stereocenters. The highest BCUT2D eigenvalue weighted by molar-refractivity contribution is 5.95. The van der Waals surface area contributed by atoms with Crippen molar-refractivity contribution in [3.05, 3.63) is 59.9 Å². The van der Waals surface area contributed by atoms with Gasteiger partial charge in [-0.25, -0.2) is 4.39 Å². The third kappa shape index (κ3) is 3.52. The minimum Gasteiger partial charge on any atom is -0.350 e. The second kappa shape index (κ2) is 6.71. The lowest BCUT2D eigenvalue weighted by Crippen LogP contribution is -2.37. The van der Waals surface area contributed by atoms with E-state index in [9.17, 15) is 9.18 Å². The lowest BCUT2D eigenvalue weighted by Gasteiger charge is -2.12. The molecule has 22 heavy (non-hydrogen) atoms. The number of hydrogen-bond donors (Lipinski definition) is 2. The van der Waals surface area contributed by atoms with Crippen molar-refractivity contribution in [2.45, 2.75) is 18.9 Å². The van der Waals surface area contributed by atoms with Gasteiger partial charge in [0.15, 0.2) is 0 Å². The molecular weight excluding hydrogens is 279 g/mol. The molecule has 1 fully saturated rings. The van der Waals surface area contributed by atoms with Crippen molar-refractivity contribution in [3.63, 3.8) is 0 Å². The summed E-state index contributed by atoms with van der Waals surface area (Å²) in [5, 5.41) is 6.32. The maximum atomic E-state index is 13.0. The summed E-state index contributed by atoms with van der Waals surface area (Å²) in [6, 6.07) is 14.1. The number of carbonyl (C=O) groups excluding carboxylic acids is 1. The van der Waals surface area contributed by atoms with Crippen molar-refractivity contribution in [2.24, 2.45) is 0 Å². The molecular formula is C18H19FN2O. The first-order chi connectivity index (χ1) is 10.7. The van der Waals surface area contributed by atoms with Crippen LogP contribution in [-0.2, 0) is 0 Å². The normalized spacial score (nSPS) is 17.4. The molecule has 1 aliphatic heterocycles. The molecule has 0 bridgehead atoms. The van der Waals surface area contributed by atoms with Crippen LogP contribution in [0.2, 0.25) is 0 Å². The molecule has 2 N–H and O–H groups in total. The lowest BCUT2D eigenvalue weighted by molar-refractivity contribution is 0.0950. The molecule has 0 spiro atoms. The van der Waals surface area contributed by atoms with E-state index >= 15 is 0 Å². The van der Waals surface area contributed by atoms with Crippen LogP contribution in [0.25, 0.3) is 11.1 Å². The number of carbonyl (C=O) groups is 1. The predicted molar refractivity (Wildman–Crippen MR) is 85.2 cm³/mol. The van der Waals surface area contributed by atoms with E-state index in [1.165, 1.54) is 18.6 Å². The molecule has 1 amide bonds. The van der Waals surface area contributed by atoms with Crippen LogP contribution in [0, 0.1) is 5.82 Å². The fourth-order valence-electron chi connectivity index (χ4n) is 2.73. The Morgan fingerprint density at radius 3 is 2.73 bits per heavy atom. The van der Waals surface area contributed by atoms with Crippen LogP contribution in [0.1, 0.15) is 23.2 Å². The molecule has 3 rings (SSSR count). The summed E-state index contributed by atoms with van der Waals surface area (Å²) >= 11 is 0. The molecule has 1 atom stereocenters. The molecule has 0 saturated carbocycles. The van der Waals surface area contributed by atoms with Crippen molar-refractivity contribution in [3.8, 4) is 11.1 Å². The van der Waals surface area contributed by atoms with Crippen LogP contribution in [-0.4, -0.2) is 25.0 Å². The zero-order valence-electron chi connectivity index (χ0n) is 12.3. The maximum absolute atomic E-state index is 13.0. The van der Waals surface area contributed by atoms with Crippen LogP contribution >= 0.6 is 0 Å². The van der Waals surface area contributed by atoms with Gasteiger partial charge in [-0.1, -0.05) is 24.3 Å². The maximum Gasteiger partial charge on any atom is 0.251 e. The van der Waals surface area contributed by atoms with Crippen LogP contribution in [0.5, 0.6) is 0 Å². The highest BCUT2D eigenvalue weighted by atomic mass is 19.1. The number of benzene rings is 2. The summed E-state index contributed by atoms with van der Waals surface area (Å²) in [6.45, 7) is 1.68. The Kier molecular flexibility index (Phi) is 4.49. The monoisotopic (exact) mass is 298 g/mol. The highest BCUT2D eigenvalue weighted by Crippen LogP contribution is 2.20. The molecule has 1 heterocycles. The second-order valence-electron chi connectivity index (χ2n) is 5.59. The lowest BCUT2D eigenvalue weighted by atomic mass is 10.0. The standard InChI is InChI=1S/C18H19FN2O/c19-16-8-6-13(7-9-16)14-3-1-4-15(11-14)18(22)21-12-17-5-2-10-20-17/h1,3-4,6-9,11,17,20H,2,5,10,12H2,(H,21,22)/t17-/m0/s1. The third-order valence-corrected chi connectivity index (χ3v) is 3.97. The van der Waals surface area contributed by atoms with E-state index in [1.54, 1.807) is 18.2 Å². The van der Waals surface area contributed by atoms with E-state index in [1.807, 2.05) is 18.2 Å². The van der Waals surface area contributed by atoms with E-state index in [2.05, 4.69) is 10.6 Å². The Balaban J connectivity index is 1.69. The van der Waals surface area contributed by atoms with E-state index in [-0.39, 0.29) is 11.7 Å². The molecule has 114 valence electrons. The SMILES string of the molecule is O=C(NC[C@@H]1CCCN1)c1cccc(-c2ccc(F)cc2)c1. The largest absolute Gasteiger partial charge is 0.350 e. The fraction of sp³-hybridized carbons (Fsp3) is 0.278. The van der Waals surface area contributed by atoms with Gasteiger partial charge in [-0.15, -0.1) is 0 Å². The predicted octanol–water partition coefficient (Wildman–Crippen LogP) is 2.97. The molecule has 1 saturated heterocycles. The van der Waals surface area contributed by atoms with Crippen molar-refractivity contribution in [1.82, 2.24) is 10.6 Å². The highest BCUT2D eigenvalue weighted by Gasteiger charge is 2.15. The van der Waals surface area contributed by atoms with Gasteiger partial charge in [-0.2, -0.15) is 0 Å². The molecule has 0 radical (unpaired) electrons. The summed E-state index contributed by atoms with van der Waals surface area (Å²) in [4.78, 5) is 12.2. The van der Waals surface area contributed by atoms with Crippen LogP contribution in [0.15, 0.2) is 48.5 Å². The van der Waals surface area contributed by atoms with Crippen molar-refractivity contribution < 1.29 is 9.18 Å². The van der Waals surface area contributed by atoms with Crippen LogP contribution in [0.4, 0.5) is 4.39 Å². The van der Waals surface area contributed by atoms with Gasteiger partial charge in [0.2, 0.25) is 0 Å². The Bertz CT molecular complexity index is 648. The number of rotatable bonds is 4. The molecule has 2 aromatic rings. The van der Waals surface area contributed by atoms with E-state index < -0.39 is 0 Å². The van der Waals surface area contributed by atoms with Gasteiger partial charge in [-0.3, -0.25) is 4.79 Å². The van der Waals surface area contributed by atoms with Gasteiger partial charge < -0.3 is 10.6 Å². The molecule has 3 nitrogen and oxygen atoms in total. The van der Waals surface area contributed by atoms with Crippen LogP contribution in [0.3, 0.4) is 0 Å². The Labute approximate surface area is 129 Å². The van der Waals surface area contributed by atoms with Crippen molar-refractivity contribution in [1.29, 1.82) is 0 Å². The smallest absolute Gasteiger partial charge is 0.251 e. The first kappa shape index (κ1) is 14.7. The van der Waals surface area contributed by atoms with Crippen LogP contribution < -0.4 is 10.6 Å². The Morgan fingerprint density at radius 1 is 1.18 bits per heavy atom. The number of amides is 1. The summed E-state index contributed by atoms with van der Waals surface area (Å²) in [6.07, 6.45) is 2.27. The van der Waals surface area contributed by atoms with Crippen molar-refractivity contribution >= 4 is 5.91 Å². The van der Waals surface area contributed by atoms with Gasteiger partial charge in [0.1, 0.15) is 5.82 Å². The number of hydrogen-bond acceptors (Lipinski definition) is 2. The molecule has 0 aromatic heterocycles. The van der Waals surface area contributed by atoms with Gasteiger partial charge in [-0.05, 0) is 54.8 Å². The van der Waals surface area contributed by atoms with Gasteiger partial charge >= 0.3 is 0 Å². The molecule has 2 aromatic carbocycles. The summed E-state index contributed by atoms with van der Waals surface area (Å²) in [7, 11) is 0. The van der Waals surface area contributed by atoms with Crippen molar-refractivity contribution in [2.75, 3.05) is 13.1 Å². The first-order valence-corrected chi connectivity index (χ1v) is 7.60. The molecule has 0 aliphatic carbocycles. The third-order valence-electron chi connectivity index (χ3n) is 3.97. The topological polar surface area (TPSA) is 41.1 Å². The summed E-state index contributed by atoms with van der Waals surface area (Å²) < 4.78 is 13.0. The van der Waals surface area contributed by atoms with Gasteiger partial charge in [0.05, 0.1) is 0 Å². The zero-order valence-corrected chi connectivity index (χ0v) is 12.3. The molecule has 4 heteroatoms. The van der Waals surface area contributed by atoms with Gasteiger partial charge in [0, 0.05) is 18.2 Å². The number of nitrogens with one attached hydrogen (secondary N) is 2. The fourth-order valence-corrected chi connectivity index (χ4v) is 2.73. The van der Waals surface area contributed by atoms with E-state index in [0.717, 1.165) is 24.1 Å². The first-order valence-electron chi connectivity index (χ1n) is 7.60. The Morgan fingerprint density at radius 2 is 2.00 bits per heavy atom. The summed E-state index contributed by atoms with van der Waals surface area (Å²) in [5.74, 6) is -0.334. The number of halogens is 1. The van der Waals surface area contributed by atoms with E-state index in [0.29, 0.717) is 18.2 Å². The second-order valence-corrected chi connectivity index (χ2v) is 5.59. The molecule has 1 aliphatic rings. The minimum atomic E-state index is -0.262. The van der Waals surface area contributed by atoms with Gasteiger partial charge in [0.25, 0.3) is 5.91 Å². The minimum absolute atomic E-state index is 0.0716. The summed E-state index contributed by atoms with van der Waals surface area (Å²) in [5.41, 5.74) is 2.43. The van der Waals surface area contributed by atoms with E-state index in [4.69, 9.17) is 0 Å². The quantitative estimate of drug-likeness (QED) is 0.911. The average molecular weight is 298 g/mol. The average Bonchev–Trinajstić information content (AvgIpc) is 3.07. The Hall–Kier alpha value is -2.20.